The zero-order chi connectivity index (χ0) is 39.9. The summed E-state index contributed by atoms with van der Waals surface area (Å²) in [4.78, 5) is 34.7. The van der Waals surface area contributed by atoms with Crippen molar-refractivity contribution in [2.45, 2.75) is 52.1 Å². The molecule has 0 bridgehead atoms. The number of aliphatic hydroxyl groups excluding tert-OH is 1. The van der Waals surface area contributed by atoms with Crippen molar-refractivity contribution in [2.24, 2.45) is 5.73 Å². The van der Waals surface area contributed by atoms with E-state index < -0.39 is 30.2 Å². The molecule has 0 saturated heterocycles. The second-order valence-electron chi connectivity index (χ2n) is 10.6. The van der Waals surface area contributed by atoms with Crippen LogP contribution in [0, 0.1) is 0 Å². The highest BCUT2D eigenvalue weighted by atomic mass is 19.4. The van der Waals surface area contributed by atoms with E-state index in [0.717, 1.165) is 28.8 Å². The van der Waals surface area contributed by atoms with Crippen molar-refractivity contribution >= 4 is 40.1 Å². The lowest BCUT2D eigenvalue weighted by molar-refractivity contribution is -0.193. The van der Waals surface area contributed by atoms with E-state index in [1.54, 1.807) is 0 Å². The molecule has 0 unspecified atom stereocenters. The summed E-state index contributed by atoms with van der Waals surface area (Å²) in [6.45, 7) is 7.40. The normalized spacial score (nSPS) is 11.7. The fraction of sp³-hybridized carbons (Fsp3) is 0.314. The maximum atomic E-state index is 12.5. The number of aliphatic hydroxyl groups is 1. The maximum Gasteiger partial charge on any atom is 0.490 e. The van der Waals surface area contributed by atoms with Crippen LogP contribution >= 0.6 is 0 Å². The summed E-state index contributed by atoms with van der Waals surface area (Å²) >= 11 is 0. The number of primary amides is 1. The number of fused-ring (bicyclic) bond motifs is 1. The van der Waals surface area contributed by atoms with Crippen LogP contribution in [-0.4, -0.2) is 70.3 Å². The first kappa shape index (κ1) is 43.5. The minimum Gasteiger partial charge on any atom is -0.490 e. The highest BCUT2D eigenvalue weighted by Gasteiger charge is 2.39. The molecule has 1 heterocycles. The number of amides is 1. The van der Waals surface area contributed by atoms with Crippen molar-refractivity contribution < 1.29 is 65.5 Å². The summed E-state index contributed by atoms with van der Waals surface area (Å²) in [5.74, 6) is -4.93. The number of hydrogen-bond donors (Lipinski definition) is 6. The average molecular weight is 757 g/mol. The van der Waals surface area contributed by atoms with E-state index in [2.05, 4.69) is 28.6 Å². The first-order chi connectivity index (χ1) is 24.9. The van der Waals surface area contributed by atoms with Crippen molar-refractivity contribution in [3.63, 3.8) is 0 Å². The number of alkyl halides is 6. The molecule has 0 aliphatic heterocycles. The molecule has 0 saturated carbocycles. The lowest BCUT2D eigenvalue weighted by atomic mass is 10.0. The van der Waals surface area contributed by atoms with Gasteiger partial charge in [-0.3, -0.25) is 9.78 Å². The number of benzene rings is 3. The SMILES string of the molecule is CCOc1cc2ncc(C(N)=O)c(Nc3cccc(CN[C@@H](CO)c4ccccc4)c3CC)c2cc1OCC.O=C(O)C(F)(F)F.O=C(O)C(F)(F)F. The molecule has 3 aromatic carbocycles. The number of ether oxygens (including phenoxy) is 2. The highest BCUT2D eigenvalue weighted by molar-refractivity contribution is 6.08. The number of hydrogen-bond acceptors (Lipinski definition) is 9. The molecule has 7 N–H and O–H groups in total. The van der Waals surface area contributed by atoms with Crippen molar-refractivity contribution in [1.29, 1.82) is 0 Å². The molecule has 0 radical (unpaired) electrons. The minimum atomic E-state index is -5.08. The van der Waals surface area contributed by atoms with Crippen LogP contribution < -0.4 is 25.8 Å². The zero-order valence-electron chi connectivity index (χ0n) is 28.6. The Balaban J connectivity index is 0.000000587. The number of rotatable bonds is 13. The number of aromatic nitrogens is 1. The maximum absolute atomic E-state index is 12.5. The van der Waals surface area contributed by atoms with Gasteiger partial charge in [0.1, 0.15) is 0 Å². The van der Waals surface area contributed by atoms with Gasteiger partial charge in [0.2, 0.25) is 0 Å². The van der Waals surface area contributed by atoms with E-state index >= 15 is 0 Å². The van der Waals surface area contributed by atoms with Gasteiger partial charge in [-0.2, -0.15) is 26.3 Å². The molecule has 12 nitrogen and oxygen atoms in total. The summed E-state index contributed by atoms with van der Waals surface area (Å²) in [7, 11) is 0. The number of nitrogens with zero attached hydrogens (tertiary/aromatic N) is 1. The van der Waals surface area contributed by atoms with Crippen LogP contribution in [0.5, 0.6) is 11.5 Å². The molecule has 4 aromatic rings. The number of aliphatic carboxylic acids is 2. The Morgan fingerprint density at radius 1 is 0.849 bits per heavy atom. The van der Waals surface area contributed by atoms with E-state index in [4.69, 9.17) is 35.0 Å². The summed E-state index contributed by atoms with van der Waals surface area (Å²) in [6.07, 6.45) is -7.92. The van der Waals surface area contributed by atoms with E-state index in [1.165, 1.54) is 6.20 Å². The van der Waals surface area contributed by atoms with Crippen LogP contribution in [0.15, 0.2) is 66.9 Å². The van der Waals surface area contributed by atoms with Gasteiger partial charge >= 0.3 is 24.3 Å². The molecule has 1 atom stereocenters. The summed E-state index contributed by atoms with van der Waals surface area (Å²) in [6, 6.07) is 19.4. The Labute approximate surface area is 299 Å². The van der Waals surface area contributed by atoms with Crippen molar-refractivity contribution in [3.8, 4) is 11.5 Å². The molecule has 18 heteroatoms. The van der Waals surface area contributed by atoms with Gasteiger partial charge in [0.15, 0.2) is 11.5 Å². The van der Waals surface area contributed by atoms with Gasteiger partial charge in [-0.1, -0.05) is 49.4 Å². The predicted octanol–water partition coefficient (Wildman–Crippen LogP) is 6.53. The predicted molar refractivity (Wildman–Crippen MR) is 182 cm³/mol. The molecule has 1 amide bonds. The Morgan fingerprint density at radius 3 is 1.87 bits per heavy atom. The third kappa shape index (κ3) is 12.8. The van der Waals surface area contributed by atoms with E-state index in [-0.39, 0.29) is 18.2 Å². The van der Waals surface area contributed by atoms with Gasteiger partial charge in [0.25, 0.3) is 5.91 Å². The summed E-state index contributed by atoms with van der Waals surface area (Å²) in [5.41, 5.74) is 11.3. The van der Waals surface area contributed by atoms with Crippen LogP contribution in [0.3, 0.4) is 0 Å². The van der Waals surface area contributed by atoms with Crippen LogP contribution in [0.2, 0.25) is 0 Å². The van der Waals surface area contributed by atoms with Crippen LogP contribution in [0.1, 0.15) is 53.9 Å². The van der Waals surface area contributed by atoms with Crippen LogP contribution in [0.25, 0.3) is 10.9 Å². The van der Waals surface area contributed by atoms with Gasteiger partial charge in [-0.15, -0.1) is 0 Å². The highest BCUT2D eigenvalue weighted by Crippen LogP contribution is 2.38. The van der Waals surface area contributed by atoms with Gasteiger partial charge in [0, 0.05) is 29.9 Å². The lowest BCUT2D eigenvalue weighted by Gasteiger charge is -2.21. The number of carboxylic acid groups (broad SMARTS) is 2. The van der Waals surface area contributed by atoms with Gasteiger partial charge in [0.05, 0.1) is 42.6 Å². The number of nitrogens with one attached hydrogen (secondary N) is 2. The van der Waals surface area contributed by atoms with Gasteiger partial charge < -0.3 is 41.2 Å². The summed E-state index contributed by atoms with van der Waals surface area (Å²) in [5, 5.41) is 31.9. The molecular weight excluding hydrogens is 718 g/mol. The van der Waals surface area contributed by atoms with E-state index in [1.807, 2.05) is 68.4 Å². The average Bonchev–Trinajstić information content (AvgIpc) is 3.09. The molecule has 0 fully saturated rings. The molecule has 53 heavy (non-hydrogen) atoms. The van der Waals surface area contributed by atoms with E-state index in [0.29, 0.717) is 47.8 Å². The molecule has 0 aliphatic rings. The monoisotopic (exact) mass is 756 g/mol. The fourth-order valence-electron chi connectivity index (χ4n) is 4.73. The number of nitrogens with two attached hydrogens (primary N) is 1. The standard InChI is InChI=1S/C31H36N4O4.2C2HF3O2/c1-4-22-21(17-33-27(19-36)20-11-8-7-9-12-20)13-10-14-25(22)35-30-23-15-28(38-5-2)29(39-6-3)16-26(23)34-18-24(30)31(32)37;2*3-2(4,5)1(6)7/h7-16,18,27,33,36H,4-6,17,19H2,1-3H3,(H2,32,37)(H,34,35);2*(H,6,7)/t27-;;/m0../s1. The van der Waals surface area contributed by atoms with Crippen LogP contribution in [0.4, 0.5) is 37.7 Å². The van der Waals surface area contributed by atoms with Crippen LogP contribution in [-0.2, 0) is 22.6 Å². The van der Waals surface area contributed by atoms with E-state index in [9.17, 15) is 36.2 Å². The van der Waals surface area contributed by atoms with Crippen molar-refractivity contribution in [1.82, 2.24) is 10.3 Å². The molecule has 4 rings (SSSR count). The number of anilines is 2. The number of carbonyl (C=O) groups excluding carboxylic acids is 1. The Kier molecular flexibility index (Phi) is 16.3. The Hall–Kier alpha value is -5.62. The first-order valence-corrected chi connectivity index (χ1v) is 15.8. The number of pyridine rings is 1. The third-order valence-corrected chi connectivity index (χ3v) is 7.09. The quantitative estimate of drug-likeness (QED) is 0.0813. The van der Waals surface area contributed by atoms with Gasteiger partial charge in [-0.25, -0.2) is 9.59 Å². The molecular formula is C35H38F6N4O8. The Bertz CT molecular complexity index is 1820. The largest absolute Gasteiger partial charge is 0.490 e. The summed E-state index contributed by atoms with van der Waals surface area (Å²) < 4.78 is 75.1. The lowest BCUT2D eigenvalue weighted by Crippen LogP contribution is -2.24. The smallest absolute Gasteiger partial charge is 0.490 e. The minimum absolute atomic E-state index is 0.0136. The third-order valence-electron chi connectivity index (χ3n) is 7.09. The molecule has 1 aromatic heterocycles. The van der Waals surface area contributed by atoms with Crippen molar-refractivity contribution in [3.05, 3.63) is 89.1 Å². The molecule has 0 spiro atoms. The first-order valence-electron chi connectivity index (χ1n) is 15.8. The number of carboxylic acids is 2. The topological polar surface area (TPSA) is 193 Å². The van der Waals surface area contributed by atoms with Crippen molar-refractivity contribution in [2.75, 3.05) is 25.1 Å². The second kappa shape index (κ2) is 19.8. The fourth-order valence-corrected chi connectivity index (χ4v) is 4.73. The van der Waals surface area contributed by atoms with Gasteiger partial charge in [-0.05, 0) is 49.1 Å². The Morgan fingerprint density at radius 2 is 1.40 bits per heavy atom. The molecule has 0 aliphatic carbocycles. The second-order valence-corrected chi connectivity index (χ2v) is 10.6. The number of halogens is 6. The zero-order valence-corrected chi connectivity index (χ0v) is 28.6. The number of carbonyl (C=O) groups is 3. The molecule has 288 valence electrons.